The highest BCUT2D eigenvalue weighted by Crippen LogP contribution is 2.39. The van der Waals surface area contributed by atoms with E-state index in [1.165, 1.54) is 90.2 Å². The van der Waals surface area contributed by atoms with E-state index in [1.54, 1.807) is 60.4 Å². The zero-order valence-electron chi connectivity index (χ0n) is 50.2. The van der Waals surface area contributed by atoms with Gasteiger partial charge in [-0.3, -0.25) is 28.7 Å². The van der Waals surface area contributed by atoms with Crippen LogP contribution in [0.15, 0.2) is 139 Å². The van der Waals surface area contributed by atoms with Gasteiger partial charge in [-0.1, -0.05) is 40.9 Å². The summed E-state index contributed by atoms with van der Waals surface area (Å²) >= 11 is 22.0. The molecule has 3 aliphatic heterocycles. The third kappa shape index (κ3) is 16.3. The molecule has 3 fully saturated rings. The molecule has 9 heterocycles. The van der Waals surface area contributed by atoms with Crippen LogP contribution in [0.2, 0.25) is 15.1 Å². The number of nitrogens with zero attached hydrogens (tertiary/aromatic N) is 8. The maximum absolute atomic E-state index is 13.4. The Morgan fingerprint density at radius 2 is 0.925 bits per heavy atom. The summed E-state index contributed by atoms with van der Waals surface area (Å²) in [6, 6.07) is 22.4. The van der Waals surface area contributed by atoms with Crippen LogP contribution < -0.4 is 30.1 Å². The molecule has 93 heavy (non-hydrogen) atoms. The molecule has 3 amide bonds. The Labute approximate surface area is 563 Å². The van der Waals surface area contributed by atoms with Gasteiger partial charge in [-0.15, -0.1) is 34.0 Å². The second-order valence-electron chi connectivity index (χ2n) is 21.9. The van der Waals surface area contributed by atoms with Crippen LogP contribution in [0.4, 0.5) is 30.2 Å². The lowest BCUT2D eigenvalue weighted by Gasteiger charge is -2.39. The Morgan fingerprint density at radius 1 is 0.527 bits per heavy atom. The van der Waals surface area contributed by atoms with Crippen molar-refractivity contribution < 1.29 is 40.2 Å². The van der Waals surface area contributed by atoms with Crippen molar-refractivity contribution in [3.05, 3.63) is 186 Å². The first-order valence-corrected chi connectivity index (χ1v) is 36.8. The quantitative estimate of drug-likeness (QED) is 0.0638. The van der Waals surface area contributed by atoms with Crippen LogP contribution >= 0.6 is 68.8 Å². The average molecular weight is 1440 g/mol. The van der Waals surface area contributed by atoms with Crippen molar-refractivity contribution in [1.82, 2.24) is 51.6 Å². The minimum atomic E-state index is -2.89. The molecule has 3 aliphatic rings. The van der Waals surface area contributed by atoms with Crippen molar-refractivity contribution in [1.29, 1.82) is 0 Å². The lowest BCUT2D eigenvalue weighted by atomic mass is 10.0. The van der Waals surface area contributed by atoms with Crippen LogP contribution in [-0.4, -0.2) is 125 Å². The molecule has 3 aromatic carbocycles. The number of carbonyl (C=O) groups excluding carboxylic acids is 3. The van der Waals surface area contributed by atoms with E-state index in [0.29, 0.717) is 36.3 Å². The number of anilines is 3. The first-order valence-electron chi connectivity index (χ1n) is 28.1. The van der Waals surface area contributed by atoms with Gasteiger partial charge in [0.05, 0.1) is 81.0 Å². The summed E-state index contributed by atoms with van der Waals surface area (Å²) in [5.74, 6) is 8.61. The highest BCUT2D eigenvalue weighted by Gasteiger charge is 2.41. The third-order valence-corrected chi connectivity index (χ3v) is 25.1. The number of aryl methyl sites for hydroxylation is 2. The molecule has 9 aromatic rings. The standard InChI is InChI=1S/C21H20ClFN4O2S2.2C20H21ClFN5O2S2/c1-27-19(21(28)25-14-6-7-16(23)15(22)10-14)11-18(26-31(27,2)29)20-9-13(12-30-20)17-5-3-4-8-24-17;1-26-10-13(9-23-26)12-6-19(30-11-12)17-8-18(27(2)31(3,29)25-17)20(28)24-14-4-5-16(22)15(21)7-14;1-26-11-12(10-23-26)18-6-7-19(30-18)16-9-17(27(2)31(3,29)25-16)20(28)24-13-4-5-15(22)14(21)8-13/h3-10,12,18-19H,2,11H2,1H3,(H,25,28)(H,26,29);4-7,9-11,17-18H,3,8H2,1-2H3,(H,24,28)(H,25,29);4-8,10-11,16-17H,3,9H2,1-2H3,(H,24,28)(H,25,29). The summed E-state index contributed by atoms with van der Waals surface area (Å²) in [5, 5.41) is 20.3. The van der Waals surface area contributed by atoms with E-state index in [4.69, 9.17) is 34.8 Å². The van der Waals surface area contributed by atoms with Crippen LogP contribution in [-0.2, 0) is 58.2 Å². The second-order valence-corrected chi connectivity index (χ2v) is 32.4. The number of likely N-dealkylation sites (N-methyl/N-ethyl adjacent to an activating group) is 3. The van der Waals surface area contributed by atoms with Crippen LogP contribution in [0.1, 0.15) is 52.0 Å². The molecule has 9 unspecified atom stereocenters. The number of rotatable bonds is 12. The highest BCUT2D eigenvalue weighted by molar-refractivity contribution is 7.97. The Kier molecular flexibility index (Phi) is 21.3. The zero-order valence-corrected chi connectivity index (χ0v) is 57.4. The van der Waals surface area contributed by atoms with Gasteiger partial charge in [-0.25, -0.2) is 52.9 Å². The van der Waals surface area contributed by atoms with Crippen molar-refractivity contribution in [2.75, 3.05) is 37.1 Å². The van der Waals surface area contributed by atoms with Crippen LogP contribution in [0.5, 0.6) is 0 Å². The molecule has 3 saturated heterocycles. The number of carbonyl (C=O) groups is 3. The van der Waals surface area contributed by atoms with E-state index in [2.05, 4.69) is 62.9 Å². The molecule has 0 aliphatic carbocycles. The van der Waals surface area contributed by atoms with Gasteiger partial charge in [0.25, 0.3) is 0 Å². The second kappa shape index (κ2) is 28.7. The van der Waals surface area contributed by atoms with Crippen LogP contribution in [0.3, 0.4) is 0 Å². The van der Waals surface area contributed by atoms with Gasteiger partial charge in [0.15, 0.2) is 0 Å². The Morgan fingerprint density at radius 3 is 1.31 bits per heavy atom. The fourth-order valence-corrected chi connectivity index (χ4v) is 18.3. The van der Waals surface area contributed by atoms with Gasteiger partial charge in [0.2, 0.25) is 17.7 Å². The normalized spacial score (nSPS) is 24.2. The van der Waals surface area contributed by atoms with Gasteiger partial charge in [-0.05, 0) is 139 Å². The van der Waals surface area contributed by atoms with Gasteiger partial charge in [0.1, 0.15) is 35.6 Å². The summed E-state index contributed by atoms with van der Waals surface area (Å²) in [6.07, 6.45) is 10.3. The van der Waals surface area contributed by atoms with Crippen molar-refractivity contribution >= 4 is 151 Å². The van der Waals surface area contributed by atoms with Crippen LogP contribution in [0.25, 0.3) is 32.8 Å². The zero-order chi connectivity index (χ0) is 66.8. The first kappa shape index (κ1) is 69.1. The molecule has 0 saturated carbocycles. The number of hydrogen-bond acceptors (Lipinski definition) is 12. The molecule has 20 nitrogen and oxygen atoms in total. The lowest BCUT2D eigenvalue weighted by Crippen LogP contribution is -2.55. The fourth-order valence-electron chi connectivity index (χ4n) is 10.2. The topological polar surface area (TPSA) is 233 Å². The Bertz CT molecular complexity index is 4420. The number of pyridine rings is 1. The minimum absolute atomic E-state index is 0.0863. The van der Waals surface area contributed by atoms with Gasteiger partial charge in [0, 0.05) is 112 Å². The average Bonchev–Trinajstić information content (AvgIpc) is 1.76. The van der Waals surface area contributed by atoms with E-state index in [-0.39, 0.29) is 50.9 Å². The first-order chi connectivity index (χ1) is 44.0. The maximum atomic E-state index is 13.4. The SMILES string of the molecule is C=S1(=O)NC(c2cc(-c3ccccn3)cs2)CC(C(=O)Nc2ccc(F)c(Cl)c2)N1C.C=S1(=O)NC(c2cc(-c3cnn(C)c3)cs2)CC(C(=O)Nc2ccc(F)c(Cl)c2)N1C.C=S1(=O)NC(c2ccc(-c3cnn(C)c3)s2)CC(C(=O)Nc2ccc(F)c(Cl)c2)N1C. The minimum Gasteiger partial charge on any atom is -0.325 e. The van der Waals surface area contributed by atoms with E-state index in [9.17, 15) is 40.2 Å². The number of nitrogens with one attached hydrogen (secondary N) is 6. The monoisotopic (exact) mass is 1440 g/mol. The summed E-state index contributed by atoms with van der Waals surface area (Å²) < 4.78 is 96.6. The lowest BCUT2D eigenvalue weighted by molar-refractivity contribution is -0.120. The molecule has 0 radical (unpaired) electrons. The summed E-state index contributed by atoms with van der Waals surface area (Å²) in [4.78, 5) is 47.2. The molecule has 0 spiro atoms. The van der Waals surface area contributed by atoms with Crippen molar-refractivity contribution in [3.63, 3.8) is 0 Å². The summed E-state index contributed by atoms with van der Waals surface area (Å²) in [7, 11) is -0.175. The van der Waals surface area contributed by atoms with E-state index < -0.39 is 65.3 Å². The predicted molar refractivity (Wildman–Crippen MR) is 373 cm³/mol. The largest absolute Gasteiger partial charge is 0.325 e. The molecule has 9 atom stereocenters. The molecular weight excluding hydrogens is 1380 g/mol. The fraction of sp³-hybridized carbons (Fsp3) is 0.230. The van der Waals surface area contributed by atoms with E-state index in [1.807, 2.05) is 79.7 Å². The Balaban J connectivity index is 0.000000153. The number of amides is 3. The smallest absolute Gasteiger partial charge is 0.242 e. The molecule has 0 bridgehead atoms. The number of thiophene rings is 3. The Hall–Kier alpha value is -6.78. The predicted octanol–water partition coefficient (Wildman–Crippen LogP) is 11.0. The third-order valence-electron chi connectivity index (χ3n) is 15.4. The molecule has 12 rings (SSSR count). The molecule has 490 valence electrons. The summed E-state index contributed by atoms with van der Waals surface area (Å²) in [5.41, 5.74) is 5.88. The highest BCUT2D eigenvalue weighted by atomic mass is 35.5. The number of halogens is 6. The molecule has 6 N–H and O–H groups in total. The van der Waals surface area contributed by atoms with Gasteiger partial charge in [-0.2, -0.15) is 10.2 Å². The number of hydrogen-bond donors (Lipinski definition) is 6. The van der Waals surface area contributed by atoms with E-state index >= 15 is 0 Å². The number of benzene rings is 3. The van der Waals surface area contributed by atoms with Gasteiger partial charge >= 0.3 is 0 Å². The van der Waals surface area contributed by atoms with Gasteiger partial charge < -0.3 is 16.0 Å². The van der Waals surface area contributed by atoms with Crippen molar-refractivity contribution in [3.8, 4) is 32.8 Å². The summed E-state index contributed by atoms with van der Waals surface area (Å²) in [6.45, 7) is 0. The number of aromatic nitrogens is 5. The maximum Gasteiger partial charge on any atom is 0.242 e. The molecular formula is C61H62Cl3F3N14O6S6. The van der Waals surface area contributed by atoms with E-state index in [0.717, 1.165) is 47.5 Å². The molecule has 6 aromatic heterocycles. The van der Waals surface area contributed by atoms with Crippen molar-refractivity contribution in [2.24, 2.45) is 14.1 Å². The van der Waals surface area contributed by atoms with Crippen LogP contribution in [0, 0.1) is 17.5 Å². The van der Waals surface area contributed by atoms with Crippen molar-refractivity contribution in [2.45, 2.75) is 55.5 Å². The molecule has 32 heteroatoms.